The van der Waals surface area contributed by atoms with Crippen LogP contribution in [0.25, 0.3) is 0 Å². The van der Waals surface area contributed by atoms with E-state index in [4.69, 9.17) is 9.84 Å². The zero-order valence-corrected chi connectivity index (χ0v) is 11.2. The van der Waals surface area contributed by atoms with Gasteiger partial charge in [-0.2, -0.15) is 13.2 Å². The van der Waals surface area contributed by atoms with E-state index in [9.17, 15) is 32.3 Å². The van der Waals surface area contributed by atoms with Crippen LogP contribution in [0.15, 0.2) is 12.1 Å². The van der Waals surface area contributed by atoms with Gasteiger partial charge in [-0.3, -0.25) is 9.69 Å². The molecule has 1 fully saturated rings. The third-order valence-corrected chi connectivity index (χ3v) is 3.04. The third kappa shape index (κ3) is 3.40. The van der Waals surface area contributed by atoms with Crippen molar-refractivity contribution in [3.8, 4) is 0 Å². The van der Waals surface area contributed by atoms with E-state index in [2.05, 4.69) is 4.98 Å². The van der Waals surface area contributed by atoms with Gasteiger partial charge in [-0.1, -0.05) is 0 Å². The van der Waals surface area contributed by atoms with Crippen LogP contribution >= 0.6 is 0 Å². The van der Waals surface area contributed by atoms with E-state index in [1.807, 2.05) is 0 Å². The van der Waals surface area contributed by atoms with Gasteiger partial charge in [0, 0.05) is 0 Å². The van der Waals surface area contributed by atoms with Crippen LogP contribution in [0, 0.1) is 5.82 Å². The van der Waals surface area contributed by atoms with Crippen LogP contribution in [0.1, 0.15) is 5.69 Å². The fourth-order valence-electron chi connectivity index (χ4n) is 1.95. The fraction of sp³-hybridized carbons (Fsp3) is 0.417. The molecule has 0 aromatic carbocycles. The van der Waals surface area contributed by atoms with Crippen molar-refractivity contribution in [1.29, 1.82) is 0 Å². The molecule has 2 rings (SSSR count). The minimum absolute atomic E-state index is 0.307. The molecule has 2 N–H and O–H groups in total. The Balaban J connectivity index is 2.37. The van der Waals surface area contributed by atoms with Gasteiger partial charge in [0.2, 0.25) is 0 Å². The number of nitrogens with zero attached hydrogens (tertiary/aromatic N) is 2. The van der Waals surface area contributed by atoms with Gasteiger partial charge in [-0.15, -0.1) is 0 Å². The Morgan fingerprint density at radius 3 is 2.65 bits per heavy atom. The van der Waals surface area contributed by atoms with Gasteiger partial charge < -0.3 is 14.9 Å². The second-order valence-electron chi connectivity index (χ2n) is 4.56. The number of ether oxygens (including phenoxy) is 1. The lowest BCUT2D eigenvalue weighted by Crippen LogP contribution is -2.55. The lowest BCUT2D eigenvalue weighted by molar-refractivity contribution is -0.163. The molecular weight excluding hydrogens is 328 g/mol. The molecule has 2 unspecified atom stereocenters. The van der Waals surface area contributed by atoms with E-state index >= 15 is 0 Å². The molecule has 0 saturated carbocycles. The summed E-state index contributed by atoms with van der Waals surface area (Å²) in [6.45, 7) is -0.648. The predicted octanol–water partition coefficient (Wildman–Crippen LogP) is 0.417. The van der Waals surface area contributed by atoms with Crippen molar-refractivity contribution in [3.05, 3.63) is 23.6 Å². The minimum atomic E-state index is -4.85. The second kappa shape index (κ2) is 6.08. The first kappa shape index (κ1) is 17.1. The maximum atomic E-state index is 13.8. The Labute approximate surface area is 126 Å². The monoisotopic (exact) mass is 338 g/mol. The number of carbonyl (C=O) groups excluding carboxylic acids is 1. The average Bonchev–Trinajstić information content (AvgIpc) is 2.46. The normalized spacial score (nSPS) is 20.5. The highest BCUT2D eigenvalue weighted by Gasteiger charge is 2.41. The number of carbonyl (C=O) groups is 2. The highest BCUT2D eigenvalue weighted by molar-refractivity contribution is 5.99. The summed E-state index contributed by atoms with van der Waals surface area (Å²) in [6, 6.07) is 0.907. The Bertz CT molecular complexity index is 636. The Morgan fingerprint density at radius 2 is 2.09 bits per heavy atom. The van der Waals surface area contributed by atoms with Crippen LogP contribution in [0.3, 0.4) is 0 Å². The lowest BCUT2D eigenvalue weighted by atomic mass is 10.1. The van der Waals surface area contributed by atoms with E-state index in [-0.39, 0.29) is 13.2 Å². The zero-order chi connectivity index (χ0) is 17.4. The summed E-state index contributed by atoms with van der Waals surface area (Å²) in [5, 5.41) is 18.0. The van der Waals surface area contributed by atoms with Crippen LogP contribution in [0.5, 0.6) is 0 Å². The summed E-state index contributed by atoms with van der Waals surface area (Å²) < 4.78 is 56.5. The molecule has 1 aromatic heterocycles. The smallest absolute Gasteiger partial charge is 0.433 e. The number of pyridine rings is 1. The summed E-state index contributed by atoms with van der Waals surface area (Å²) in [7, 11) is 0. The Kier molecular flexibility index (Phi) is 4.52. The number of rotatable bonds is 3. The lowest BCUT2D eigenvalue weighted by Gasteiger charge is -2.33. The summed E-state index contributed by atoms with van der Waals surface area (Å²) in [6.07, 6.45) is -8.95. The molecule has 23 heavy (non-hydrogen) atoms. The first-order chi connectivity index (χ1) is 10.6. The summed E-state index contributed by atoms with van der Waals surface area (Å²) in [5.74, 6) is -5.06. The molecule has 11 heteroatoms. The van der Waals surface area contributed by atoms with Crippen molar-refractivity contribution in [2.45, 2.75) is 18.4 Å². The van der Waals surface area contributed by atoms with Crippen LogP contribution in [-0.2, 0) is 20.5 Å². The van der Waals surface area contributed by atoms with Gasteiger partial charge in [0.15, 0.2) is 23.8 Å². The first-order valence-electron chi connectivity index (χ1n) is 6.20. The van der Waals surface area contributed by atoms with Gasteiger partial charge in [0.05, 0.1) is 13.2 Å². The number of aliphatic hydroxyl groups is 1. The number of aliphatic carboxylic acids is 1. The van der Waals surface area contributed by atoms with E-state index in [1.54, 1.807) is 0 Å². The SMILES string of the molecule is O=C(O)C(O)C1OCCN(c2nc(C(F)(F)F)ccc2F)C1=O. The molecule has 1 aliphatic rings. The predicted molar refractivity (Wildman–Crippen MR) is 64.9 cm³/mol. The molecule has 1 aliphatic heterocycles. The fourth-order valence-corrected chi connectivity index (χ4v) is 1.95. The second-order valence-corrected chi connectivity index (χ2v) is 4.56. The molecule has 0 bridgehead atoms. The van der Waals surface area contributed by atoms with Crippen molar-refractivity contribution in [3.63, 3.8) is 0 Å². The van der Waals surface area contributed by atoms with E-state index in [0.717, 1.165) is 0 Å². The van der Waals surface area contributed by atoms with Crippen LogP contribution in [-0.4, -0.2) is 52.4 Å². The Morgan fingerprint density at radius 1 is 1.43 bits per heavy atom. The van der Waals surface area contributed by atoms with Gasteiger partial charge >= 0.3 is 12.1 Å². The van der Waals surface area contributed by atoms with Crippen molar-refractivity contribution >= 4 is 17.7 Å². The summed E-state index contributed by atoms with van der Waals surface area (Å²) in [5.41, 5.74) is -1.41. The van der Waals surface area contributed by atoms with Crippen molar-refractivity contribution in [2.75, 3.05) is 18.1 Å². The van der Waals surface area contributed by atoms with E-state index < -0.39 is 47.6 Å². The number of hydrogen-bond donors (Lipinski definition) is 2. The van der Waals surface area contributed by atoms with Crippen molar-refractivity contribution in [2.24, 2.45) is 0 Å². The molecule has 0 spiro atoms. The van der Waals surface area contributed by atoms with Gasteiger partial charge in [0.1, 0.15) is 5.69 Å². The topological polar surface area (TPSA) is 100.0 Å². The summed E-state index contributed by atoms with van der Waals surface area (Å²) in [4.78, 5) is 26.4. The molecule has 0 radical (unpaired) electrons. The third-order valence-electron chi connectivity index (χ3n) is 3.04. The largest absolute Gasteiger partial charge is 0.479 e. The van der Waals surface area contributed by atoms with Gasteiger partial charge in [-0.25, -0.2) is 14.2 Å². The number of anilines is 1. The Hall–Kier alpha value is -2.27. The standard InChI is InChI=1S/C12H10F4N2O5/c13-5-1-2-6(12(14,15)16)17-9(5)18-3-4-23-8(10(18)20)7(19)11(21)22/h1-2,7-8,19H,3-4H2,(H,21,22). The van der Waals surface area contributed by atoms with Gasteiger partial charge in [-0.05, 0) is 12.1 Å². The molecule has 0 aliphatic carbocycles. The van der Waals surface area contributed by atoms with Crippen molar-refractivity contribution < 1.29 is 42.1 Å². The maximum absolute atomic E-state index is 13.8. The quantitative estimate of drug-likeness (QED) is 0.775. The highest BCUT2D eigenvalue weighted by atomic mass is 19.4. The maximum Gasteiger partial charge on any atom is 0.433 e. The van der Waals surface area contributed by atoms with Crippen LogP contribution in [0.2, 0.25) is 0 Å². The zero-order valence-electron chi connectivity index (χ0n) is 11.2. The molecule has 7 nitrogen and oxygen atoms in total. The molecule has 2 atom stereocenters. The molecule has 2 heterocycles. The number of alkyl halides is 3. The number of carboxylic acids is 1. The number of aliphatic hydroxyl groups excluding tert-OH is 1. The van der Waals surface area contributed by atoms with Gasteiger partial charge in [0.25, 0.3) is 5.91 Å². The molecule has 1 saturated heterocycles. The van der Waals surface area contributed by atoms with E-state index in [0.29, 0.717) is 17.0 Å². The number of carboxylic acid groups (broad SMARTS) is 1. The average molecular weight is 338 g/mol. The highest BCUT2D eigenvalue weighted by Crippen LogP contribution is 2.31. The number of amides is 1. The number of aromatic nitrogens is 1. The van der Waals surface area contributed by atoms with Crippen LogP contribution in [0.4, 0.5) is 23.4 Å². The molecular formula is C12H10F4N2O5. The molecule has 1 amide bonds. The molecule has 1 aromatic rings. The molecule has 126 valence electrons. The number of halogens is 4. The van der Waals surface area contributed by atoms with Crippen LogP contribution < -0.4 is 4.90 Å². The van der Waals surface area contributed by atoms with Crippen molar-refractivity contribution in [1.82, 2.24) is 4.98 Å². The van der Waals surface area contributed by atoms with E-state index in [1.165, 1.54) is 0 Å². The number of morpholine rings is 1. The minimum Gasteiger partial charge on any atom is -0.479 e. The number of hydrogen-bond acceptors (Lipinski definition) is 5. The summed E-state index contributed by atoms with van der Waals surface area (Å²) >= 11 is 0. The first-order valence-corrected chi connectivity index (χ1v) is 6.20.